The van der Waals surface area contributed by atoms with E-state index in [-0.39, 0.29) is 6.10 Å². The number of anilines is 1. The molecule has 1 aliphatic heterocycles. The summed E-state index contributed by atoms with van der Waals surface area (Å²) in [5.74, 6) is 0. The number of halogens is 3. The molecule has 1 fully saturated rings. The SMILES string of the molecule is NCCOC1CCN(c2nnc(C(F)(F)F)s2)CC1. The van der Waals surface area contributed by atoms with E-state index in [4.69, 9.17) is 10.5 Å². The zero-order valence-corrected chi connectivity index (χ0v) is 11.0. The van der Waals surface area contributed by atoms with Crippen LogP contribution in [0.15, 0.2) is 0 Å². The number of hydrogen-bond donors (Lipinski definition) is 1. The molecule has 0 spiro atoms. The Morgan fingerprint density at radius 3 is 2.53 bits per heavy atom. The fourth-order valence-electron chi connectivity index (χ4n) is 1.91. The number of alkyl halides is 3. The maximum Gasteiger partial charge on any atom is 0.445 e. The summed E-state index contributed by atoms with van der Waals surface area (Å²) < 4.78 is 42.8. The third-order valence-corrected chi connectivity index (χ3v) is 3.87. The first-order chi connectivity index (χ1) is 9.00. The molecule has 0 aromatic carbocycles. The van der Waals surface area contributed by atoms with Gasteiger partial charge < -0.3 is 15.4 Å². The minimum atomic E-state index is -4.42. The van der Waals surface area contributed by atoms with Crippen LogP contribution in [0.2, 0.25) is 0 Å². The predicted octanol–water partition coefficient (Wildman–Crippen LogP) is 1.50. The Bertz CT molecular complexity index is 404. The van der Waals surface area contributed by atoms with Gasteiger partial charge in [0, 0.05) is 19.6 Å². The van der Waals surface area contributed by atoms with Gasteiger partial charge in [0.1, 0.15) is 0 Å². The second kappa shape index (κ2) is 6.02. The van der Waals surface area contributed by atoms with Gasteiger partial charge in [-0.25, -0.2) is 0 Å². The van der Waals surface area contributed by atoms with Gasteiger partial charge >= 0.3 is 6.18 Å². The van der Waals surface area contributed by atoms with E-state index in [0.29, 0.717) is 42.7 Å². The molecule has 0 aliphatic carbocycles. The van der Waals surface area contributed by atoms with Crippen LogP contribution in [-0.4, -0.2) is 42.5 Å². The van der Waals surface area contributed by atoms with Crippen LogP contribution in [0.3, 0.4) is 0 Å². The normalized spacial score (nSPS) is 18.0. The van der Waals surface area contributed by atoms with E-state index in [0.717, 1.165) is 12.8 Å². The summed E-state index contributed by atoms with van der Waals surface area (Å²) >= 11 is 0.583. The topological polar surface area (TPSA) is 64.3 Å². The summed E-state index contributed by atoms with van der Waals surface area (Å²) in [5.41, 5.74) is 5.35. The van der Waals surface area contributed by atoms with Crippen molar-refractivity contribution >= 4 is 16.5 Å². The number of aromatic nitrogens is 2. The highest BCUT2D eigenvalue weighted by atomic mass is 32.1. The van der Waals surface area contributed by atoms with Gasteiger partial charge in [-0.1, -0.05) is 11.3 Å². The molecular formula is C10H15F3N4OS. The molecular weight excluding hydrogens is 281 g/mol. The van der Waals surface area contributed by atoms with Gasteiger partial charge in [-0.05, 0) is 12.8 Å². The van der Waals surface area contributed by atoms with Crippen molar-refractivity contribution in [2.24, 2.45) is 5.73 Å². The van der Waals surface area contributed by atoms with Crippen molar-refractivity contribution in [3.63, 3.8) is 0 Å². The van der Waals surface area contributed by atoms with E-state index >= 15 is 0 Å². The van der Waals surface area contributed by atoms with Crippen LogP contribution >= 0.6 is 11.3 Å². The lowest BCUT2D eigenvalue weighted by Gasteiger charge is -2.31. The Labute approximate surface area is 112 Å². The first-order valence-electron chi connectivity index (χ1n) is 5.98. The van der Waals surface area contributed by atoms with Crippen molar-refractivity contribution in [2.75, 3.05) is 31.1 Å². The molecule has 0 unspecified atom stereocenters. The highest BCUT2D eigenvalue weighted by Gasteiger charge is 2.36. The number of nitrogens with two attached hydrogens (primary N) is 1. The number of piperidine rings is 1. The third-order valence-electron chi connectivity index (χ3n) is 2.84. The Morgan fingerprint density at radius 1 is 1.32 bits per heavy atom. The molecule has 1 saturated heterocycles. The predicted molar refractivity (Wildman–Crippen MR) is 65.2 cm³/mol. The van der Waals surface area contributed by atoms with E-state index in [2.05, 4.69) is 10.2 Å². The fraction of sp³-hybridized carbons (Fsp3) is 0.800. The van der Waals surface area contributed by atoms with E-state index in [1.807, 2.05) is 4.90 Å². The van der Waals surface area contributed by atoms with Crippen molar-refractivity contribution in [1.29, 1.82) is 0 Å². The van der Waals surface area contributed by atoms with Crippen molar-refractivity contribution in [1.82, 2.24) is 10.2 Å². The van der Waals surface area contributed by atoms with Crippen LogP contribution in [0.25, 0.3) is 0 Å². The maximum atomic E-state index is 12.4. The zero-order chi connectivity index (χ0) is 13.9. The van der Waals surface area contributed by atoms with Gasteiger partial charge in [0.2, 0.25) is 10.1 Å². The van der Waals surface area contributed by atoms with Gasteiger partial charge in [0.15, 0.2) is 0 Å². The summed E-state index contributed by atoms with van der Waals surface area (Å²) in [7, 11) is 0. The molecule has 0 radical (unpaired) electrons. The summed E-state index contributed by atoms with van der Waals surface area (Å²) in [5, 5.41) is 6.22. The third kappa shape index (κ3) is 3.77. The summed E-state index contributed by atoms with van der Waals surface area (Å²) in [6, 6.07) is 0. The monoisotopic (exact) mass is 296 g/mol. The van der Waals surface area contributed by atoms with Gasteiger partial charge in [-0.2, -0.15) is 13.2 Å². The van der Waals surface area contributed by atoms with Gasteiger partial charge in [0.25, 0.3) is 0 Å². The Balaban J connectivity index is 1.89. The number of nitrogens with zero attached hydrogens (tertiary/aromatic N) is 3. The van der Waals surface area contributed by atoms with Crippen molar-refractivity contribution < 1.29 is 17.9 Å². The molecule has 5 nitrogen and oxygen atoms in total. The molecule has 0 saturated carbocycles. The quantitative estimate of drug-likeness (QED) is 0.912. The molecule has 2 rings (SSSR count). The molecule has 19 heavy (non-hydrogen) atoms. The second-order valence-corrected chi connectivity index (χ2v) is 5.19. The van der Waals surface area contributed by atoms with Crippen molar-refractivity contribution in [3.8, 4) is 0 Å². The minimum absolute atomic E-state index is 0.134. The fourth-order valence-corrected chi connectivity index (χ4v) is 2.67. The maximum absolute atomic E-state index is 12.4. The highest BCUT2D eigenvalue weighted by molar-refractivity contribution is 7.15. The van der Waals surface area contributed by atoms with Gasteiger partial charge in [-0.15, -0.1) is 10.2 Å². The molecule has 0 bridgehead atoms. The molecule has 0 amide bonds. The lowest BCUT2D eigenvalue weighted by atomic mass is 10.1. The number of ether oxygens (including phenoxy) is 1. The lowest BCUT2D eigenvalue weighted by Crippen LogP contribution is -2.37. The molecule has 2 heterocycles. The molecule has 9 heteroatoms. The van der Waals surface area contributed by atoms with Crippen LogP contribution in [0.1, 0.15) is 17.8 Å². The van der Waals surface area contributed by atoms with Gasteiger partial charge in [0.05, 0.1) is 12.7 Å². The molecule has 0 atom stereocenters. The zero-order valence-electron chi connectivity index (χ0n) is 10.2. The Morgan fingerprint density at radius 2 is 2.00 bits per heavy atom. The Kier molecular flexibility index (Phi) is 4.58. The minimum Gasteiger partial charge on any atom is -0.377 e. The standard InChI is InChI=1S/C10H15F3N4OS/c11-10(12,13)8-15-16-9(19-8)17-4-1-7(2-5-17)18-6-3-14/h7H,1-6,14H2. The van der Waals surface area contributed by atoms with Crippen LogP contribution < -0.4 is 10.6 Å². The van der Waals surface area contributed by atoms with Crippen LogP contribution in [0, 0.1) is 0 Å². The van der Waals surface area contributed by atoms with E-state index < -0.39 is 11.2 Å². The van der Waals surface area contributed by atoms with E-state index in [1.165, 1.54) is 0 Å². The first kappa shape index (κ1) is 14.5. The number of hydrogen-bond acceptors (Lipinski definition) is 6. The van der Waals surface area contributed by atoms with Crippen LogP contribution in [0.4, 0.5) is 18.3 Å². The molecule has 1 aromatic heterocycles. The lowest BCUT2D eigenvalue weighted by molar-refractivity contribution is -0.138. The smallest absolute Gasteiger partial charge is 0.377 e. The van der Waals surface area contributed by atoms with Crippen molar-refractivity contribution in [2.45, 2.75) is 25.1 Å². The molecule has 2 N–H and O–H groups in total. The summed E-state index contributed by atoms with van der Waals surface area (Å²) in [4.78, 5) is 1.81. The van der Waals surface area contributed by atoms with Crippen LogP contribution in [-0.2, 0) is 10.9 Å². The highest BCUT2D eigenvalue weighted by Crippen LogP contribution is 2.35. The average molecular weight is 296 g/mol. The second-order valence-electron chi connectivity index (χ2n) is 4.23. The Hall–Kier alpha value is -0.930. The van der Waals surface area contributed by atoms with E-state index in [9.17, 15) is 13.2 Å². The van der Waals surface area contributed by atoms with Crippen molar-refractivity contribution in [3.05, 3.63) is 5.01 Å². The van der Waals surface area contributed by atoms with Gasteiger partial charge in [-0.3, -0.25) is 0 Å². The van der Waals surface area contributed by atoms with E-state index in [1.54, 1.807) is 0 Å². The van der Waals surface area contributed by atoms with Crippen LogP contribution in [0.5, 0.6) is 0 Å². The summed E-state index contributed by atoms with van der Waals surface area (Å²) in [6.07, 6.45) is -2.75. The average Bonchev–Trinajstić information content (AvgIpc) is 2.86. The summed E-state index contributed by atoms with van der Waals surface area (Å²) in [6.45, 7) is 2.25. The largest absolute Gasteiger partial charge is 0.445 e. The number of rotatable bonds is 4. The molecule has 1 aliphatic rings. The molecule has 108 valence electrons. The first-order valence-corrected chi connectivity index (χ1v) is 6.79. The molecule has 1 aromatic rings.